The van der Waals surface area contributed by atoms with Crippen LogP contribution in [0.2, 0.25) is 5.02 Å². The van der Waals surface area contributed by atoms with Crippen LogP contribution < -0.4 is 5.90 Å². The number of benzene rings is 1. The SMILES string of the molecule is NOCc1ccc(O)cc1Cl. The normalized spacial score (nSPS) is 10.0. The predicted octanol–water partition coefficient (Wildman–Crippen LogP) is 1.44. The molecule has 1 aromatic rings. The highest BCUT2D eigenvalue weighted by Crippen LogP contribution is 2.21. The highest BCUT2D eigenvalue weighted by Gasteiger charge is 1.99. The zero-order valence-electron chi connectivity index (χ0n) is 5.75. The van der Waals surface area contributed by atoms with Crippen molar-refractivity contribution in [3.63, 3.8) is 0 Å². The molecule has 0 bridgehead atoms. The van der Waals surface area contributed by atoms with Crippen molar-refractivity contribution >= 4 is 11.6 Å². The smallest absolute Gasteiger partial charge is 0.117 e. The van der Waals surface area contributed by atoms with Gasteiger partial charge in [0.1, 0.15) is 5.75 Å². The molecule has 0 amide bonds. The Labute approximate surface area is 69.3 Å². The van der Waals surface area contributed by atoms with Crippen molar-refractivity contribution in [1.29, 1.82) is 0 Å². The zero-order chi connectivity index (χ0) is 8.27. The molecule has 1 rings (SSSR count). The lowest BCUT2D eigenvalue weighted by Gasteiger charge is -2.01. The average Bonchev–Trinajstić information content (AvgIpc) is 1.95. The lowest BCUT2D eigenvalue weighted by atomic mass is 10.2. The van der Waals surface area contributed by atoms with Crippen LogP contribution >= 0.6 is 11.6 Å². The molecule has 0 heterocycles. The number of phenols is 1. The quantitative estimate of drug-likeness (QED) is 0.666. The van der Waals surface area contributed by atoms with Crippen molar-refractivity contribution in [2.24, 2.45) is 5.90 Å². The second kappa shape index (κ2) is 3.57. The van der Waals surface area contributed by atoms with Crippen LogP contribution in [0.25, 0.3) is 0 Å². The van der Waals surface area contributed by atoms with Crippen LogP contribution in [0.3, 0.4) is 0 Å². The van der Waals surface area contributed by atoms with E-state index < -0.39 is 0 Å². The fourth-order valence-electron chi connectivity index (χ4n) is 0.743. The maximum atomic E-state index is 8.95. The second-order valence-electron chi connectivity index (χ2n) is 2.09. The first-order valence-corrected chi connectivity index (χ1v) is 3.41. The van der Waals surface area contributed by atoms with Gasteiger partial charge in [-0.3, -0.25) is 4.84 Å². The van der Waals surface area contributed by atoms with Gasteiger partial charge in [0, 0.05) is 5.02 Å². The molecule has 4 heteroatoms. The summed E-state index contributed by atoms with van der Waals surface area (Å²) >= 11 is 5.71. The van der Waals surface area contributed by atoms with Gasteiger partial charge < -0.3 is 5.11 Å². The lowest BCUT2D eigenvalue weighted by Crippen LogP contribution is -1.98. The molecule has 0 atom stereocenters. The van der Waals surface area contributed by atoms with Crippen molar-refractivity contribution in [3.05, 3.63) is 28.8 Å². The fraction of sp³-hybridized carbons (Fsp3) is 0.143. The number of aromatic hydroxyl groups is 1. The van der Waals surface area contributed by atoms with Crippen molar-refractivity contribution in [1.82, 2.24) is 0 Å². The van der Waals surface area contributed by atoms with E-state index in [-0.39, 0.29) is 12.4 Å². The van der Waals surface area contributed by atoms with Gasteiger partial charge in [-0.2, -0.15) is 0 Å². The van der Waals surface area contributed by atoms with Gasteiger partial charge in [-0.25, -0.2) is 5.90 Å². The Morgan fingerprint density at radius 1 is 1.55 bits per heavy atom. The number of hydrogen-bond acceptors (Lipinski definition) is 3. The Kier molecular flexibility index (Phi) is 2.70. The Hall–Kier alpha value is -0.770. The van der Waals surface area contributed by atoms with Gasteiger partial charge in [0.15, 0.2) is 0 Å². The molecule has 0 aliphatic rings. The number of rotatable bonds is 2. The summed E-state index contributed by atoms with van der Waals surface area (Å²) in [6, 6.07) is 4.63. The molecule has 3 nitrogen and oxygen atoms in total. The summed E-state index contributed by atoms with van der Waals surface area (Å²) in [5.74, 6) is 4.98. The summed E-state index contributed by atoms with van der Waals surface area (Å²) in [7, 11) is 0. The van der Waals surface area contributed by atoms with Crippen LogP contribution in [0.15, 0.2) is 18.2 Å². The van der Waals surface area contributed by atoms with E-state index in [1.165, 1.54) is 12.1 Å². The van der Waals surface area contributed by atoms with Crippen LogP contribution in [-0.2, 0) is 11.4 Å². The molecule has 0 aromatic heterocycles. The van der Waals surface area contributed by atoms with E-state index >= 15 is 0 Å². The molecule has 0 spiro atoms. The molecule has 0 aliphatic carbocycles. The van der Waals surface area contributed by atoms with Gasteiger partial charge in [-0.1, -0.05) is 17.7 Å². The predicted molar refractivity (Wildman–Crippen MR) is 42.1 cm³/mol. The zero-order valence-corrected chi connectivity index (χ0v) is 6.51. The third-order valence-corrected chi connectivity index (χ3v) is 1.63. The summed E-state index contributed by atoms with van der Waals surface area (Å²) in [6.07, 6.45) is 0. The fourth-order valence-corrected chi connectivity index (χ4v) is 0.972. The van der Waals surface area contributed by atoms with E-state index in [1.807, 2.05) is 0 Å². The van der Waals surface area contributed by atoms with Gasteiger partial charge in [-0.05, 0) is 17.7 Å². The van der Waals surface area contributed by atoms with E-state index in [0.29, 0.717) is 5.02 Å². The van der Waals surface area contributed by atoms with Gasteiger partial charge in [-0.15, -0.1) is 0 Å². The van der Waals surface area contributed by atoms with Gasteiger partial charge in [0.25, 0.3) is 0 Å². The molecule has 11 heavy (non-hydrogen) atoms. The van der Waals surface area contributed by atoms with Crippen molar-refractivity contribution in [3.8, 4) is 5.75 Å². The number of hydrogen-bond donors (Lipinski definition) is 2. The topological polar surface area (TPSA) is 55.5 Å². The number of halogens is 1. The summed E-state index contributed by atoms with van der Waals surface area (Å²) in [6.45, 7) is 0.249. The second-order valence-corrected chi connectivity index (χ2v) is 2.49. The summed E-state index contributed by atoms with van der Waals surface area (Å²) in [5.41, 5.74) is 0.756. The van der Waals surface area contributed by atoms with Gasteiger partial charge in [0.2, 0.25) is 0 Å². The average molecular weight is 174 g/mol. The molecular formula is C7H8ClNO2. The first-order valence-electron chi connectivity index (χ1n) is 3.03. The molecule has 0 aliphatic heterocycles. The Bertz CT molecular complexity index is 252. The summed E-state index contributed by atoms with van der Waals surface area (Å²) < 4.78 is 0. The van der Waals surface area contributed by atoms with E-state index in [1.54, 1.807) is 6.07 Å². The monoisotopic (exact) mass is 173 g/mol. The van der Waals surface area contributed by atoms with E-state index in [4.69, 9.17) is 22.6 Å². The summed E-state index contributed by atoms with van der Waals surface area (Å²) in [5, 5.41) is 9.40. The highest BCUT2D eigenvalue weighted by atomic mass is 35.5. The van der Waals surface area contributed by atoms with Crippen molar-refractivity contribution in [2.75, 3.05) is 0 Å². The number of nitrogens with two attached hydrogens (primary N) is 1. The highest BCUT2D eigenvalue weighted by molar-refractivity contribution is 6.31. The maximum absolute atomic E-state index is 8.95. The Balaban J connectivity index is 2.90. The van der Waals surface area contributed by atoms with Gasteiger partial charge >= 0.3 is 0 Å². The third kappa shape index (κ3) is 2.08. The van der Waals surface area contributed by atoms with E-state index in [9.17, 15) is 0 Å². The van der Waals surface area contributed by atoms with Crippen LogP contribution in [0.1, 0.15) is 5.56 Å². The maximum Gasteiger partial charge on any atom is 0.117 e. The molecular weight excluding hydrogens is 166 g/mol. The summed E-state index contributed by atoms with van der Waals surface area (Å²) in [4.78, 5) is 4.38. The third-order valence-electron chi connectivity index (χ3n) is 1.28. The minimum atomic E-state index is 0.135. The molecule has 0 radical (unpaired) electrons. The molecule has 0 fully saturated rings. The minimum Gasteiger partial charge on any atom is -0.508 e. The van der Waals surface area contributed by atoms with E-state index in [2.05, 4.69) is 4.84 Å². The van der Waals surface area contributed by atoms with Crippen LogP contribution in [-0.4, -0.2) is 5.11 Å². The van der Waals surface area contributed by atoms with Crippen LogP contribution in [0.5, 0.6) is 5.75 Å². The van der Waals surface area contributed by atoms with Crippen molar-refractivity contribution < 1.29 is 9.94 Å². The van der Waals surface area contributed by atoms with Crippen molar-refractivity contribution in [2.45, 2.75) is 6.61 Å². The molecule has 0 saturated heterocycles. The molecule has 60 valence electrons. The largest absolute Gasteiger partial charge is 0.508 e. The van der Waals surface area contributed by atoms with Crippen LogP contribution in [0.4, 0.5) is 0 Å². The lowest BCUT2D eigenvalue weighted by molar-refractivity contribution is 0.124. The minimum absolute atomic E-state index is 0.135. The Morgan fingerprint density at radius 3 is 2.82 bits per heavy atom. The molecule has 0 unspecified atom stereocenters. The van der Waals surface area contributed by atoms with E-state index in [0.717, 1.165) is 5.56 Å². The number of phenolic OH excluding ortho intramolecular Hbond substituents is 1. The standard InChI is InChI=1S/C7H8ClNO2/c8-7-3-6(10)2-1-5(7)4-11-9/h1-3,10H,4,9H2. The molecule has 3 N–H and O–H groups in total. The molecule has 1 aromatic carbocycles. The molecule has 0 saturated carbocycles. The first-order chi connectivity index (χ1) is 5.24. The Morgan fingerprint density at radius 2 is 2.27 bits per heavy atom. The van der Waals surface area contributed by atoms with Crippen LogP contribution in [0, 0.1) is 0 Å². The van der Waals surface area contributed by atoms with Gasteiger partial charge in [0.05, 0.1) is 6.61 Å². The first kappa shape index (κ1) is 8.33.